The number of carboxylic acid groups (broad SMARTS) is 1. The second kappa shape index (κ2) is 9.87. The minimum Gasteiger partial charge on any atom is -0.507 e. The number of carboxylic acids is 1. The van der Waals surface area contributed by atoms with Crippen LogP contribution in [-0.2, 0) is 12.8 Å². The van der Waals surface area contributed by atoms with Crippen LogP contribution < -0.4 is 0 Å². The number of carbonyl (C=O) groups is 1. The first kappa shape index (κ1) is 20.8. The summed E-state index contributed by atoms with van der Waals surface area (Å²) in [6.45, 7) is 10.2. The largest absolute Gasteiger partial charge is 0.507 e. The van der Waals surface area contributed by atoms with Gasteiger partial charge in [-0.15, -0.1) is 0 Å². The van der Waals surface area contributed by atoms with Crippen molar-refractivity contribution >= 4 is 5.97 Å². The van der Waals surface area contributed by atoms with Gasteiger partial charge in [0.2, 0.25) is 0 Å². The Labute approximate surface area is 151 Å². The number of phenols is 1. The summed E-state index contributed by atoms with van der Waals surface area (Å²) in [4.78, 5) is 11.4. The average molecular weight is 342 g/mol. The van der Waals surface area contributed by atoms with Crippen molar-refractivity contribution in [1.29, 1.82) is 0 Å². The van der Waals surface area contributed by atoms with E-state index >= 15 is 0 Å². The number of rotatable bonds is 8. The van der Waals surface area contributed by atoms with Crippen LogP contribution in [0.3, 0.4) is 0 Å². The number of allylic oxidation sites excluding steroid dienone is 6. The summed E-state index contributed by atoms with van der Waals surface area (Å²) >= 11 is 0. The molecule has 1 rings (SSSR count). The minimum absolute atomic E-state index is 0.204. The molecule has 1 aromatic rings. The van der Waals surface area contributed by atoms with Crippen molar-refractivity contribution < 1.29 is 15.0 Å². The summed E-state index contributed by atoms with van der Waals surface area (Å²) in [5.74, 6) is -0.764. The van der Waals surface area contributed by atoms with E-state index in [-0.39, 0.29) is 11.3 Å². The van der Waals surface area contributed by atoms with E-state index in [9.17, 15) is 15.0 Å². The third-order valence-electron chi connectivity index (χ3n) is 4.01. The van der Waals surface area contributed by atoms with Crippen LogP contribution >= 0.6 is 0 Å². The van der Waals surface area contributed by atoms with Crippen LogP contribution in [0, 0.1) is 0 Å². The van der Waals surface area contributed by atoms with E-state index in [2.05, 4.69) is 32.9 Å². The first-order valence-corrected chi connectivity index (χ1v) is 8.71. The minimum atomic E-state index is -0.969. The normalized spacial score (nSPS) is 11.2. The van der Waals surface area contributed by atoms with E-state index in [4.69, 9.17) is 0 Å². The maximum atomic E-state index is 11.4. The van der Waals surface area contributed by atoms with Crippen LogP contribution in [0.25, 0.3) is 0 Å². The van der Waals surface area contributed by atoms with Gasteiger partial charge in [0.15, 0.2) is 0 Å². The molecule has 1 aromatic carbocycles. The van der Waals surface area contributed by atoms with Gasteiger partial charge in [-0.2, -0.15) is 0 Å². The standard InChI is InChI=1S/C22H30O3/c1-15(2)7-6-8-17(5)10-12-19-14-20(22(24)25)13-18(21(19)23)11-9-16(3)4/h7,9-10,13-14,23H,6,8,11-12H2,1-5H3,(H,24,25)/b17-10+. The first-order chi connectivity index (χ1) is 11.7. The zero-order valence-corrected chi connectivity index (χ0v) is 16.0. The van der Waals surface area contributed by atoms with Crippen molar-refractivity contribution in [3.63, 3.8) is 0 Å². The van der Waals surface area contributed by atoms with E-state index in [0.717, 1.165) is 18.4 Å². The summed E-state index contributed by atoms with van der Waals surface area (Å²) in [6.07, 6.45) is 9.31. The lowest BCUT2D eigenvalue weighted by Gasteiger charge is -2.10. The fraction of sp³-hybridized carbons (Fsp3) is 0.409. The molecule has 0 radical (unpaired) electrons. The summed E-state index contributed by atoms with van der Waals surface area (Å²) < 4.78 is 0. The van der Waals surface area contributed by atoms with Crippen LogP contribution in [-0.4, -0.2) is 16.2 Å². The molecule has 0 aliphatic heterocycles. The van der Waals surface area contributed by atoms with Crippen LogP contribution in [0.2, 0.25) is 0 Å². The molecule has 0 aliphatic carbocycles. The number of aromatic carboxylic acids is 1. The van der Waals surface area contributed by atoms with Gasteiger partial charge in [0.25, 0.3) is 0 Å². The highest BCUT2D eigenvalue weighted by atomic mass is 16.4. The van der Waals surface area contributed by atoms with Gasteiger partial charge < -0.3 is 10.2 Å². The van der Waals surface area contributed by atoms with E-state index in [1.54, 1.807) is 12.1 Å². The van der Waals surface area contributed by atoms with Gasteiger partial charge in [-0.3, -0.25) is 0 Å². The van der Waals surface area contributed by atoms with Crippen molar-refractivity contribution in [3.05, 3.63) is 63.8 Å². The van der Waals surface area contributed by atoms with Crippen molar-refractivity contribution in [3.8, 4) is 5.75 Å². The van der Waals surface area contributed by atoms with Crippen LogP contribution in [0.1, 0.15) is 68.9 Å². The summed E-state index contributed by atoms with van der Waals surface area (Å²) in [7, 11) is 0. The highest BCUT2D eigenvalue weighted by Gasteiger charge is 2.12. The van der Waals surface area contributed by atoms with Gasteiger partial charge in [-0.25, -0.2) is 4.79 Å². The van der Waals surface area contributed by atoms with Crippen LogP contribution in [0.5, 0.6) is 5.75 Å². The van der Waals surface area contributed by atoms with Gasteiger partial charge in [0.1, 0.15) is 5.75 Å². The van der Waals surface area contributed by atoms with Crippen molar-refractivity contribution in [1.82, 2.24) is 0 Å². The molecule has 0 fully saturated rings. The molecule has 0 spiro atoms. The maximum absolute atomic E-state index is 11.4. The van der Waals surface area contributed by atoms with E-state index in [1.165, 1.54) is 11.1 Å². The summed E-state index contributed by atoms with van der Waals surface area (Å²) in [6, 6.07) is 3.13. The van der Waals surface area contributed by atoms with Crippen LogP contribution in [0.15, 0.2) is 47.1 Å². The zero-order valence-electron chi connectivity index (χ0n) is 16.0. The lowest BCUT2D eigenvalue weighted by Crippen LogP contribution is -2.01. The molecule has 3 heteroatoms. The lowest BCUT2D eigenvalue weighted by molar-refractivity contribution is 0.0696. The third kappa shape index (κ3) is 7.42. The Bertz CT molecular complexity index is 698. The number of hydrogen-bond donors (Lipinski definition) is 2. The van der Waals surface area contributed by atoms with E-state index in [0.29, 0.717) is 24.0 Å². The number of hydrogen-bond acceptors (Lipinski definition) is 2. The Balaban J connectivity index is 3.02. The van der Waals surface area contributed by atoms with Crippen molar-refractivity contribution in [2.45, 2.75) is 60.3 Å². The molecule has 0 aliphatic rings. The maximum Gasteiger partial charge on any atom is 0.335 e. The molecule has 0 atom stereocenters. The predicted octanol–water partition coefficient (Wildman–Crippen LogP) is 5.83. The average Bonchev–Trinajstić information content (AvgIpc) is 2.51. The number of benzene rings is 1. The molecule has 3 nitrogen and oxygen atoms in total. The Kier molecular flexibility index (Phi) is 8.20. The molecular weight excluding hydrogens is 312 g/mol. The molecule has 136 valence electrons. The Morgan fingerprint density at radius 2 is 1.44 bits per heavy atom. The summed E-state index contributed by atoms with van der Waals surface area (Å²) in [5, 5.41) is 19.8. The molecule has 25 heavy (non-hydrogen) atoms. The fourth-order valence-electron chi connectivity index (χ4n) is 2.48. The molecule has 0 bridgehead atoms. The quantitative estimate of drug-likeness (QED) is 0.584. The highest BCUT2D eigenvalue weighted by Crippen LogP contribution is 2.27. The van der Waals surface area contributed by atoms with Crippen molar-refractivity contribution in [2.75, 3.05) is 0 Å². The molecule has 0 saturated heterocycles. The second-order valence-electron chi connectivity index (χ2n) is 7.01. The number of aromatic hydroxyl groups is 1. The molecule has 0 aromatic heterocycles. The first-order valence-electron chi connectivity index (χ1n) is 8.71. The molecule has 0 amide bonds. The summed E-state index contributed by atoms with van der Waals surface area (Å²) in [5.41, 5.74) is 5.23. The number of phenolic OH excluding ortho intramolecular Hbond substituents is 1. The van der Waals surface area contributed by atoms with Gasteiger partial charge in [0, 0.05) is 0 Å². The fourth-order valence-corrected chi connectivity index (χ4v) is 2.48. The SMILES string of the molecule is CC(C)=CCC/C(C)=C/Cc1cc(C(=O)O)cc(CC=C(C)C)c1O. The molecule has 0 saturated carbocycles. The topological polar surface area (TPSA) is 57.5 Å². The van der Waals surface area contributed by atoms with E-state index in [1.807, 2.05) is 19.9 Å². The Morgan fingerprint density at radius 1 is 0.920 bits per heavy atom. The monoisotopic (exact) mass is 342 g/mol. The second-order valence-corrected chi connectivity index (χ2v) is 7.01. The van der Waals surface area contributed by atoms with Gasteiger partial charge >= 0.3 is 5.97 Å². The molecule has 0 heterocycles. The van der Waals surface area contributed by atoms with Crippen molar-refractivity contribution in [2.24, 2.45) is 0 Å². The molecular formula is C22H30O3. The lowest BCUT2D eigenvalue weighted by atomic mass is 9.98. The smallest absolute Gasteiger partial charge is 0.335 e. The highest BCUT2D eigenvalue weighted by molar-refractivity contribution is 5.88. The van der Waals surface area contributed by atoms with Gasteiger partial charge in [-0.05, 0) is 83.6 Å². The zero-order chi connectivity index (χ0) is 19.0. The molecule has 2 N–H and O–H groups in total. The van der Waals surface area contributed by atoms with Crippen LogP contribution in [0.4, 0.5) is 0 Å². The molecule has 0 unspecified atom stereocenters. The van der Waals surface area contributed by atoms with E-state index < -0.39 is 5.97 Å². The predicted molar refractivity (Wildman–Crippen MR) is 104 cm³/mol. The van der Waals surface area contributed by atoms with Gasteiger partial charge in [0.05, 0.1) is 5.56 Å². The third-order valence-corrected chi connectivity index (χ3v) is 4.01. The van der Waals surface area contributed by atoms with Gasteiger partial charge in [-0.1, -0.05) is 34.9 Å². The Morgan fingerprint density at radius 3 is 1.92 bits per heavy atom. The Hall–Kier alpha value is -2.29.